The van der Waals surface area contributed by atoms with Gasteiger partial charge in [0.1, 0.15) is 12.8 Å². The Labute approximate surface area is 131 Å². The molecule has 1 aromatic carbocycles. The van der Waals surface area contributed by atoms with Gasteiger partial charge in [0.05, 0.1) is 12.9 Å². The van der Waals surface area contributed by atoms with Gasteiger partial charge in [0.15, 0.2) is 0 Å². The van der Waals surface area contributed by atoms with Gasteiger partial charge in [0.25, 0.3) is 0 Å². The van der Waals surface area contributed by atoms with Gasteiger partial charge in [0.2, 0.25) is 0 Å². The Balaban J connectivity index is 2.19. The Morgan fingerprint density at radius 2 is 2.00 bits per heavy atom. The van der Waals surface area contributed by atoms with Gasteiger partial charge in [-0.3, -0.25) is 0 Å². The number of rotatable bonds is 4. The standard InChI is InChI=1S/C18H21N3O/c1-18(2,3)10-9-15-5-7-16(8-6-15)17(20-22-4)13-21-12-11-19-14-21/h5-8,11-12,14H,13H2,1-4H3/b20-17+. The van der Waals surface area contributed by atoms with Crippen LogP contribution < -0.4 is 0 Å². The smallest absolute Gasteiger partial charge is 0.107 e. The van der Waals surface area contributed by atoms with E-state index in [9.17, 15) is 0 Å². The molecule has 0 atom stereocenters. The van der Waals surface area contributed by atoms with Crippen molar-refractivity contribution in [3.05, 3.63) is 54.1 Å². The van der Waals surface area contributed by atoms with Gasteiger partial charge in [-0.1, -0.05) is 29.1 Å². The summed E-state index contributed by atoms with van der Waals surface area (Å²) in [6.07, 6.45) is 5.40. The van der Waals surface area contributed by atoms with Crippen molar-refractivity contribution in [2.75, 3.05) is 7.11 Å². The fourth-order valence-electron chi connectivity index (χ4n) is 1.84. The van der Waals surface area contributed by atoms with Gasteiger partial charge in [-0.15, -0.1) is 0 Å². The van der Waals surface area contributed by atoms with Gasteiger partial charge in [-0.25, -0.2) is 4.98 Å². The third-order valence-corrected chi connectivity index (χ3v) is 2.89. The van der Waals surface area contributed by atoms with E-state index in [0.29, 0.717) is 6.54 Å². The lowest BCUT2D eigenvalue weighted by atomic mass is 9.97. The maximum atomic E-state index is 4.96. The first kappa shape index (κ1) is 15.8. The Bertz CT molecular complexity index is 681. The van der Waals surface area contributed by atoms with Crippen molar-refractivity contribution in [1.82, 2.24) is 9.55 Å². The zero-order chi connectivity index (χ0) is 16.0. The summed E-state index contributed by atoms with van der Waals surface area (Å²) in [5, 5.41) is 4.12. The maximum Gasteiger partial charge on any atom is 0.107 e. The first-order valence-electron chi connectivity index (χ1n) is 7.17. The van der Waals surface area contributed by atoms with Gasteiger partial charge in [-0.2, -0.15) is 0 Å². The number of nitrogens with zero attached hydrogens (tertiary/aromatic N) is 3. The molecular weight excluding hydrogens is 274 g/mol. The summed E-state index contributed by atoms with van der Waals surface area (Å²) in [5.74, 6) is 6.42. The number of aromatic nitrogens is 2. The summed E-state index contributed by atoms with van der Waals surface area (Å²) in [6.45, 7) is 6.91. The fraction of sp³-hybridized carbons (Fsp3) is 0.333. The molecule has 4 nitrogen and oxygen atoms in total. The van der Waals surface area contributed by atoms with Crippen LogP contribution in [0.4, 0.5) is 0 Å². The molecule has 2 rings (SSSR count). The predicted molar refractivity (Wildman–Crippen MR) is 88.5 cm³/mol. The Hall–Kier alpha value is -2.54. The van der Waals surface area contributed by atoms with E-state index in [4.69, 9.17) is 4.84 Å². The molecule has 0 saturated heterocycles. The third-order valence-electron chi connectivity index (χ3n) is 2.89. The molecule has 0 unspecified atom stereocenters. The van der Waals surface area contributed by atoms with Crippen LogP contribution in [0.5, 0.6) is 0 Å². The normalized spacial score (nSPS) is 11.7. The molecule has 0 spiro atoms. The molecular formula is C18H21N3O. The minimum atomic E-state index is 0.00274. The van der Waals surface area contributed by atoms with E-state index in [1.807, 2.05) is 35.0 Å². The first-order valence-corrected chi connectivity index (χ1v) is 7.17. The lowest BCUT2D eigenvalue weighted by Crippen LogP contribution is -2.11. The van der Waals surface area contributed by atoms with Crippen molar-refractivity contribution in [2.24, 2.45) is 10.6 Å². The zero-order valence-electron chi connectivity index (χ0n) is 13.5. The van der Waals surface area contributed by atoms with Crippen molar-refractivity contribution < 1.29 is 4.84 Å². The predicted octanol–water partition coefficient (Wildman–Crippen LogP) is 3.33. The molecule has 1 aromatic heterocycles. The molecule has 4 heteroatoms. The fourth-order valence-corrected chi connectivity index (χ4v) is 1.84. The van der Waals surface area contributed by atoms with E-state index in [-0.39, 0.29) is 5.41 Å². The summed E-state index contributed by atoms with van der Waals surface area (Å²) in [4.78, 5) is 9.00. The van der Waals surface area contributed by atoms with E-state index in [0.717, 1.165) is 16.8 Å². The van der Waals surface area contributed by atoms with Gasteiger partial charge < -0.3 is 9.40 Å². The van der Waals surface area contributed by atoms with E-state index in [2.05, 4.69) is 42.8 Å². The molecule has 0 radical (unpaired) electrons. The highest BCUT2D eigenvalue weighted by molar-refractivity contribution is 6.00. The van der Waals surface area contributed by atoms with Crippen LogP contribution in [0, 0.1) is 17.3 Å². The molecule has 0 aliphatic rings. The van der Waals surface area contributed by atoms with Crippen molar-refractivity contribution in [3.8, 4) is 11.8 Å². The van der Waals surface area contributed by atoms with Crippen LogP contribution in [0.1, 0.15) is 31.9 Å². The summed E-state index contributed by atoms with van der Waals surface area (Å²) in [7, 11) is 1.55. The van der Waals surface area contributed by atoms with Crippen LogP contribution in [0.15, 0.2) is 48.1 Å². The SMILES string of the molecule is CO/N=C(\Cn1ccnc1)c1ccc(C#CC(C)(C)C)cc1. The highest BCUT2D eigenvalue weighted by Gasteiger charge is 2.06. The number of hydrogen-bond acceptors (Lipinski definition) is 3. The van der Waals surface area contributed by atoms with E-state index < -0.39 is 0 Å². The summed E-state index contributed by atoms with van der Waals surface area (Å²) < 4.78 is 1.95. The average molecular weight is 295 g/mol. The van der Waals surface area contributed by atoms with Crippen molar-refractivity contribution >= 4 is 5.71 Å². The van der Waals surface area contributed by atoms with Crippen LogP contribution in [0.25, 0.3) is 0 Å². The summed E-state index contributed by atoms with van der Waals surface area (Å²) in [5.41, 5.74) is 2.86. The Kier molecular flexibility index (Phi) is 5.00. The molecule has 22 heavy (non-hydrogen) atoms. The molecule has 1 heterocycles. The monoisotopic (exact) mass is 295 g/mol. The second kappa shape index (κ2) is 6.95. The maximum absolute atomic E-state index is 4.96. The van der Waals surface area contributed by atoms with Gasteiger partial charge >= 0.3 is 0 Å². The molecule has 0 bridgehead atoms. The molecule has 0 amide bonds. The molecule has 0 aliphatic carbocycles. The second-order valence-corrected chi connectivity index (χ2v) is 6.03. The molecule has 0 fully saturated rings. The lowest BCUT2D eigenvalue weighted by molar-refractivity contribution is 0.212. The quantitative estimate of drug-likeness (QED) is 0.493. The lowest BCUT2D eigenvalue weighted by Gasteiger charge is -2.08. The van der Waals surface area contributed by atoms with Crippen LogP contribution in [-0.2, 0) is 11.4 Å². The minimum Gasteiger partial charge on any atom is -0.399 e. The van der Waals surface area contributed by atoms with Crippen LogP contribution >= 0.6 is 0 Å². The van der Waals surface area contributed by atoms with Crippen LogP contribution in [0.2, 0.25) is 0 Å². The average Bonchev–Trinajstić information content (AvgIpc) is 2.97. The van der Waals surface area contributed by atoms with E-state index >= 15 is 0 Å². The van der Waals surface area contributed by atoms with Crippen LogP contribution in [-0.4, -0.2) is 22.4 Å². The summed E-state index contributed by atoms with van der Waals surface area (Å²) >= 11 is 0. The van der Waals surface area contributed by atoms with Crippen molar-refractivity contribution in [1.29, 1.82) is 0 Å². The van der Waals surface area contributed by atoms with Gasteiger partial charge in [0, 0.05) is 28.9 Å². The third kappa shape index (κ3) is 4.78. The molecule has 0 N–H and O–H groups in total. The first-order chi connectivity index (χ1) is 10.5. The van der Waals surface area contributed by atoms with E-state index in [1.54, 1.807) is 19.6 Å². The minimum absolute atomic E-state index is 0.00274. The largest absolute Gasteiger partial charge is 0.399 e. The van der Waals surface area contributed by atoms with Crippen LogP contribution in [0.3, 0.4) is 0 Å². The Morgan fingerprint density at radius 3 is 2.55 bits per heavy atom. The van der Waals surface area contributed by atoms with Crippen molar-refractivity contribution in [3.63, 3.8) is 0 Å². The number of benzene rings is 1. The van der Waals surface area contributed by atoms with Crippen molar-refractivity contribution in [2.45, 2.75) is 27.3 Å². The highest BCUT2D eigenvalue weighted by atomic mass is 16.6. The topological polar surface area (TPSA) is 39.4 Å². The summed E-state index contributed by atoms with van der Waals surface area (Å²) in [6, 6.07) is 8.04. The molecule has 2 aromatic rings. The Morgan fingerprint density at radius 1 is 1.27 bits per heavy atom. The second-order valence-electron chi connectivity index (χ2n) is 6.03. The van der Waals surface area contributed by atoms with E-state index in [1.165, 1.54) is 0 Å². The highest BCUT2D eigenvalue weighted by Crippen LogP contribution is 2.12. The molecule has 0 saturated carbocycles. The number of hydrogen-bond donors (Lipinski definition) is 0. The zero-order valence-corrected chi connectivity index (χ0v) is 13.5. The van der Waals surface area contributed by atoms with Gasteiger partial charge in [-0.05, 0) is 32.9 Å². The molecule has 0 aliphatic heterocycles. The number of oxime groups is 1. The molecule has 114 valence electrons. The number of imidazole rings is 1.